The Bertz CT molecular complexity index is 935. The number of esters is 5. The average molecular weight is 559 g/mol. The molecule has 4 atom stereocenters. The smallest absolute Gasteiger partial charge is 0.303 e. The van der Waals surface area contributed by atoms with Gasteiger partial charge < -0.3 is 23.7 Å². The van der Waals surface area contributed by atoms with Gasteiger partial charge in [0.1, 0.15) is 6.61 Å². The molecule has 0 aliphatic rings. The Labute approximate surface area is 210 Å². The van der Waals surface area contributed by atoms with Crippen LogP contribution in [0.25, 0.3) is 0 Å². The van der Waals surface area contributed by atoms with Gasteiger partial charge in [0.15, 0.2) is 24.4 Å². The second kappa shape index (κ2) is 14.7. The number of hydrogen-bond donors (Lipinski definition) is 1. The Hall–Kier alpha value is -3.48. The highest BCUT2D eigenvalue weighted by molar-refractivity contribution is 9.10. The minimum absolute atomic E-state index is 0.536. The Balaban J connectivity index is 3.40. The molecule has 0 saturated heterocycles. The van der Waals surface area contributed by atoms with Crippen LogP contribution in [0.15, 0.2) is 33.8 Å². The number of ether oxygens (including phenoxy) is 5. The van der Waals surface area contributed by atoms with Crippen LogP contribution in [-0.4, -0.2) is 67.1 Å². The van der Waals surface area contributed by atoms with E-state index in [-0.39, 0.29) is 0 Å². The van der Waals surface area contributed by atoms with Gasteiger partial charge in [0.25, 0.3) is 0 Å². The van der Waals surface area contributed by atoms with Crippen LogP contribution in [0.2, 0.25) is 0 Å². The van der Waals surface area contributed by atoms with E-state index in [2.05, 4.69) is 26.5 Å². The summed E-state index contributed by atoms with van der Waals surface area (Å²) in [4.78, 5) is 58.6. The SMILES string of the molecule is CC(=O)OC[C@@H](OC(C)=O)[C@H](OC(C)=O)[C@H](OC(C)=O)[C@H](/C=N/Nc1ccc(Br)cc1)OC(C)=O. The maximum absolute atomic E-state index is 11.9. The number of nitrogens with zero attached hydrogens (tertiary/aromatic N) is 1. The lowest BCUT2D eigenvalue weighted by molar-refractivity contribution is -0.197. The number of carbonyl (C=O) groups excluding carboxylic acids is 5. The summed E-state index contributed by atoms with van der Waals surface area (Å²) in [5.74, 6) is -3.93. The summed E-state index contributed by atoms with van der Waals surface area (Å²) in [6, 6.07) is 6.95. The summed E-state index contributed by atoms with van der Waals surface area (Å²) in [5, 5.41) is 4.02. The second-order valence-electron chi connectivity index (χ2n) is 7.07. The quantitative estimate of drug-likeness (QED) is 0.173. The van der Waals surface area contributed by atoms with Crippen molar-refractivity contribution in [2.75, 3.05) is 12.0 Å². The van der Waals surface area contributed by atoms with Gasteiger partial charge in [-0.15, -0.1) is 0 Å². The molecular weight excluding hydrogens is 532 g/mol. The molecule has 0 aliphatic heterocycles. The molecule has 1 N–H and O–H groups in total. The van der Waals surface area contributed by atoms with Crippen molar-refractivity contribution in [3.05, 3.63) is 28.7 Å². The summed E-state index contributed by atoms with van der Waals surface area (Å²) in [6.45, 7) is 4.92. The minimum Gasteiger partial charge on any atom is -0.462 e. The van der Waals surface area contributed by atoms with Gasteiger partial charge in [-0.25, -0.2) is 0 Å². The summed E-state index contributed by atoms with van der Waals surface area (Å²) >= 11 is 3.31. The fourth-order valence-corrected chi connectivity index (χ4v) is 3.02. The first-order valence-corrected chi connectivity index (χ1v) is 11.0. The van der Waals surface area contributed by atoms with Crippen molar-refractivity contribution in [1.29, 1.82) is 0 Å². The third-order valence-electron chi connectivity index (χ3n) is 3.95. The lowest BCUT2D eigenvalue weighted by atomic mass is 10.0. The topological polar surface area (TPSA) is 156 Å². The van der Waals surface area contributed by atoms with Crippen LogP contribution in [0.1, 0.15) is 34.6 Å². The zero-order valence-electron chi connectivity index (χ0n) is 19.8. The van der Waals surface area contributed by atoms with Crippen LogP contribution in [0.4, 0.5) is 5.69 Å². The molecule has 0 aromatic heterocycles. The number of carbonyl (C=O) groups is 5. The largest absolute Gasteiger partial charge is 0.462 e. The molecular formula is C22H27BrN2O10. The van der Waals surface area contributed by atoms with Gasteiger partial charge in [0.2, 0.25) is 0 Å². The lowest BCUT2D eigenvalue weighted by Crippen LogP contribution is -2.53. The number of halogens is 1. The first-order valence-electron chi connectivity index (χ1n) is 10.3. The maximum atomic E-state index is 11.9. The molecule has 1 aromatic rings. The Kier molecular flexibility index (Phi) is 12.4. The van der Waals surface area contributed by atoms with Crippen molar-refractivity contribution in [1.82, 2.24) is 0 Å². The van der Waals surface area contributed by atoms with Crippen molar-refractivity contribution >= 4 is 57.7 Å². The van der Waals surface area contributed by atoms with E-state index < -0.39 is 60.9 Å². The molecule has 0 heterocycles. The van der Waals surface area contributed by atoms with Gasteiger partial charge in [0, 0.05) is 39.1 Å². The molecule has 0 saturated carbocycles. The highest BCUT2D eigenvalue weighted by atomic mass is 79.9. The molecule has 1 rings (SSSR count). The number of hydrazone groups is 1. The van der Waals surface area contributed by atoms with E-state index in [0.29, 0.717) is 5.69 Å². The molecule has 0 radical (unpaired) electrons. The molecule has 0 unspecified atom stereocenters. The van der Waals surface area contributed by atoms with Crippen molar-refractivity contribution in [2.24, 2.45) is 5.10 Å². The van der Waals surface area contributed by atoms with Gasteiger partial charge >= 0.3 is 29.8 Å². The maximum Gasteiger partial charge on any atom is 0.303 e. The van der Waals surface area contributed by atoms with E-state index in [4.69, 9.17) is 23.7 Å². The summed E-state index contributed by atoms with van der Waals surface area (Å²) < 4.78 is 26.8. The highest BCUT2D eigenvalue weighted by Gasteiger charge is 2.43. The average Bonchev–Trinajstić information content (AvgIpc) is 2.73. The van der Waals surface area contributed by atoms with E-state index in [1.54, 1.807) is 24.3 Å². The first-order chi connectivity index (χ1) is 16.4. The third-order valence-corrected chi connectivity index (χ3v) is 4.48. The molecule has 0 spiro atoms. The third kappa shape index (κ3) is 12.0. The van der Waals surface area contributed by atoms with Crippen molar-refractivity contribution in [2.45, 2.75) is 59.0 Å². The van der Waals surface area contributed by atoms with Crippen LogP contribution in [-0.2, 0) is 47.7 Å². The van der Waals surface area contributed by atoms with Gasteiger partial charge in [0.05, 0.1) is 11.9 Å². The summed E-state index contributed by atoms with van der Waals surface area (Å²) in [7, 11) is 0. The van der Waals surface area contributed by atoms with Gasteiger partial charge in [-0.05, 0) is 24.3 Å². The van der Waals surface area contributed by atoms with Crippen molar-refractivity contribution < 1.29 is 47.7 Å². The summed E-state index contributed by atoms with van der Waals surface area (Å²) in [5.41, 5.74) is 3.30. The van der Waals surface area contributed by atoms with Crippen LogP contribution in [0.5, 0.6) is 0 Å². The molecule has 35 heavy (non-hydrogen) atoms. The molecule has 192 valence electrons. The van der Waals surface area contributed by atoms with Crippen LogP contribution >= 0.6 is 15.9 Å². The van der Waals surface area contributed by atoms with Crippen LogP contribution in [0.3, 0.4) is 0 Å². The fourth-order valence-electron chi connectivity index (χ4n) is 2.75. The molecule has 1 aromatic carbocycles. The van der Waals surface area contributed by atoms with Gasteiger partial charge in [-0.2, -0.15) is 5.10 Å². The Morgan fingerprint density at radius 2 is 1.31 bits per heavy atom. The van der Waals surface area contributed by atoms with E-state index >= 15 is 0 Å². The van der Waals surface area contributed by atoms with E-state index in [0.717, 1.165) is 45.3 Å². The monoisotopic (exact) mass is 558 g/mol. The van der Waals surface area contributed by atoms with Crippen molar-refractivity contribution in [3.63, 3.8) is 0 Å². The van der Waals surface area contributed by atoms with Gasteiger partial charge in [-0.3, -0.25) is 29.4 Å². The predicted molar refractivity (Wildman–Crippen MR) is 125 cm³/mol. The highest BCUT2D eigenvalue weighted by Crippen LogP contribution is 2.20. The molecule has 0 fully saturated rings. The number of hydrogen-bond acceptors (Lipinski definition) is 12. The second-order valence-corrected chi connectivity index (χ2v) is 7.99. The number of benzene rings is 1. The minimum atomic E-state index is -1.54. The standard InChI is InChI=1S/C22H27BrN2O10/c1-12(26)31-11-20(33-14(3)28)22(35-16(5)30)21(34-15(4)29)19(32-13(2)27)10-24-25-18-8-6-17(23)7-9-18/h6-10,19-22,25H,11H2,1-5H3/b24-10+/t19-,20+,21+,22-/m0/s1. The van der Waals surface area contributed by atoms with E-state index in [9.17, 15) is 24.0 Å². The first kappa shape index (κ1) is 29.6. The molecule has 13 heteroatoms. The lowest BCUT2D eigenvalue weighted by Gasteiger charge is -2.34. The van der Waals surface area contributed by atoms with Crippen LogP contribution < -0.4 is 5.43 Å². The van der Waals surface area contributed by atoms with E-state index in [1.807, 2.05) is 0 Å². The number of nitrogens with one attached hydrogen (secondary N) is 1. The molecule has 0 aliphatic carbocycles. The number of rotatable bonds is 12. The molecule has 0 bridgehead atoms. The number of anilines is 1. The normalized spacial score (nSPS) is 14.1. The molecule has 12 nitrogen and oxygen atoms in total. The zero-order chi connectivity index (χ0) is 26.5. The van der Waals surface area contributed by atoms with Crippen molar-refractivity contribution in [3.8, 4) is 0 Å². The van der Waals surface area contributed by atoms with Crippen LogP contribution in [0, 0.1) is 0 Å². The zero-order valence-corrected chi connectivity index (χ0v) is 21.4. The fraction of sp³-hybridized carbons (Fsp3) is 0.455. The van der Waals surface area contributed by atoms with Gasteiger partial charge in [-0.1, -0.05) is 15.9 Å². The Morgan fingerprint density at radius 3 is 1.80 bits per heavy atom. The molecule has 0 amide bonds. The predicted octanol–water partition coefficient (Wildman–Crippen LogP) is 2.14. The summed E-state index contributed by atoms with van der Waals surface area (Å²) in [6.07, 6.45) is -4.77. The Morgan fingerprint density at radius 1 is 0.800 bits per heavy atom. The van der Waals surface area contributed by atoms with E-state index in [1.165, 1.54) is 0 Å².